The molecule has 120 valence electrons. The van der Waals surface area contributed by atoms with E-state index in [1.807, 2.05) is 18.5 Å². The summed E-state index contributed by atoms with van der Waals surface area (Å²) in [7, 11) is 0. The van der Waals surface area contributed by atoms with E-state index in [4.69, 9.17) is 0 Å². The van der Waals surface area contributed by atoms with Crippen molar-refractivity contribution in [2.24, 2.45) is 0 Å². The van der Waals surface area contributed by atoms with Crippen molar-refractivity contribution in [3.63, 3.8) is 0 Å². The Morgan fingerprint density at radius 2 is 1.96 bits per heavy atom. The van der Waals surface area contributed by atoms with E-state index < -0.39 is 5.60 Å². The fraction of sp³-hybridized carbons (Fsp3) is 0.444. The van der Waals surface area contributed by atoms with Crippen LogP contribution in [0.1, 0.15) is 30.8 Å². The van der Waals surface area contributed by atoms with Gasteiger partial charge in [0.2, 0.25) is 0 Å². The molecule has 1 N–H and O–H groups in total. The number of hydrogen-bond donors (Lipinski definition) is 1. The van der Waals surface area contributed by atoms with E-state index in [9.17, 15) is 5.11 Å². The zero-order valence-electron chi connectivity index (χ0n) is 13.7. The van der Waals surface area contributed by atoms with Crippen molar-refractivity contribution in [3.8, 4) is 11.8 Å². The quantitative estimate of drug-likeness (QED) is 0.853. The lowest BCUT2D eigenvalue weighted by Gasteiger charge is -2.19. The minimum absolute atomic E-state index is 0.928. The fourth-order valence-electron chi connectivity index (χ4n) is 2.61. The van der Waals surface area contributed by atoms with Crippen LogP contribution in [0.4, 0.5) is 0 Å². The van der Waals surface area contributed by atoms with Crippen LogP contribution in [0, 0.1) is 11.8 Å². The van der Waals surface area contributed by atoms with Gasteiger partial charge in [0.1, 0.15) is 17.8 Å². The van der Waals surface area contributed by atoms with Crippen LogP contribution in [-0.2, 0) is 19.5 Å². The third-order valence-corrected chi connectivity index (χ3v) is 3.88. The van der Waals surface area contributed by atoms with Gasteiger partial charge in [0, 0.05) is 38.2 Å². The zero-order chi connectivity index (χ0) is 16.3. The number of nitrogens with zero attached hydrogens (tertiary/aromatic N) is 4. The van der Waals surface area contributed by atoms with Crippen molar-refractivity contribution >= 4 is 0 Å². The van der Waals surface area contributed by atoms with Gasteiger partial charge in [-0.2, -0.15) is 0 Å². The van der Waals surface area contributed by atoms with E-state index >= 15 is 0 Å². The molecule has 0 amide bonds. The summed E-state index contributed by atoms with van der Waals surface area (Å²) in [4.78, 5) is 2.44. The summed E-state index contributed by atoms with van der Waals surface area (Å²) < 4.78 is 2.13. The van der Waals surface area contributed by atoms with Crippen LogP contribution in [0.15, 0.2) is 30.6 Å². The molecule has 0 radical (unpaired) electrons. The molecular weight excluding hydrogens is 288 g/mol. The van der Waals surface area contributed by atoms with Crippen LogP contribution in [0.3, 0.4) is 0 Å². The van der Waals surface area contributed by atoms with Gasteiger partial charge in [-0.05, 0) is 31.5 Å². The molecule has 3 rings (SSSR count). The first-order valence-corrected chi connectivity index (χ1v) is 7.93. The van der Waals surface area contributed by atoms with Gasteiger partial charge >= 0.3 is 0 Å². The lowest BCUT2D eigenvalue weighted by Crippen LogP contribution is -2.26. The number of aromatic nitrogens is 3. The fourth-order valence-corrected chi connectivity index (χ4v) is 2.61. The Hall–Kier alpha value is -2.16. The van der Waals surface area contributed by atoms with E-state index in [1.54, 1.807) is 13.8 Å². The smallest absolute Gasteiger partial charge is 0.134 e. The Bertz CT molecular complexity index is 693. The molecule has 0 saturated carbocycles. The minimum atomic E-state index is -0.954. The maximum atomic E-state index is 9.64. The monoisotopic (exact) mass is 310 g/mol. The lowest BCUT2D eigenvalue weighted by atomic mass is 10.1. The molecule has 1 aromatic heterocycles. The summed E-state index contributed by atoms with van der Waals surface area (Å²) >= 11 is 0. The van der Waals surface area contributed by atoms with Crippen LogP contribution in [-0.4, -0.2) is 43.5 Å². The van der Waals surface area contributed by atoms with Gasteiger partial charge in [-0.25, -0.2) is 0 Å². The topological polar surface area (TPSA) is 54.2 Å². The summed E-state index contributed by atoms with van der Waals surface area (Å²) in [6, 6.07) is 8.25. The number of hydrogen-bond acceptors (Lipinski definition) is 4. The van der Waals surface area contributed by atoms with Gasteiger partial charge in [-0.15, -0.1) is 10.2 Å². The van der Waals surface area contributed by atoms with E-state index in [0.717, 1.165) is 44.0 Å². The highest BCUT2D eigenvalue weighted by atomic mass is 16.3. The Kier molecular flexibility index (Phi) is 4.46. The Morgan fingerprint density at radius 3 is 2.70 bits per heavy atom. The molecule has 0 bridgehead atoms. The average Bonchev–Trinajstić information content (AvgIpc) is 2.88. The second-order valence-corrected chi connectivity index (χ2v) is 6.47. The van der Waals surface area contributed by atoms with Crippen molar-refractivity contribution in [2.45, 2.75) is 39.0 Å². The second-order valence-electron chi connectivity index (χ2n) is 6.47. The molecule has 1 aromatic carbocycles. The van der Waals surface area contributed by atoms with Gasteiger partial charge in [0.05, 0.1) is 0 Å². The number of rotatable bonds is 2. The molecule has 1 aliphatic rings. The molecule has 23 heavy (non-hydrogen) atoms. The van der Waals surface area contributed by atoms with Crippen molar-refractivity contribution in [1.29, 1.82) is 0 Å². The summed E-state index contributed by atoms with van der Waals surface area (Å²) in [5.74, 6) is 6.91. The van der Waals surface area contributed by atoms with Crippen LogP contribution < -0.4 is 0 Å². The van der Waals surface area contributed by atoms with Crippen molar-refractivity contribution in [1.82, 2.24) is 19.7 Å². The molecule has 0 aliphatic carbocycles. The molecule has 5 nitrogen and oxygen atoms in total. The van der Waals surface area contributed by atoms with Crippen molar-refractivity contribution < 1.29 is 5.11 Å². The van der Waals surface area contributed by atoms with Gasteiger partial charge in [-0.3, -0.25) is 4.90 Å². The molecule has 1 aliphatic heterocycles. The predicted octanol–water partition coefficient (Wildman–Crippen LogP) is 1.46. The van der Waals surface area contributed by atoms with E-state index in [0.29, 0.717) is 0 Å². The minimum Gasteiger partial charge on any atom is -0.378 e. The number of aliphatic hydroxyl groups is 1. The van der Waals surface area contributed by atoms with Crippen LogP contribution in [0.25, 0.3) is 0 Å². The van der Waals surface area contributed by atoms with Gasteiger partial charge in [-0.1, -0.05) is 24.0 Å². The molecule has 0 spiro atoms. The van der Waals surface area contributed by atoms with E-state index in [1.165, 1.54) is 5.56 Å². The predicted molar refractivity (Wildman–Crippen MR) is 88.6 cm³/mol. The summed E-state index contributed by atoms with van der Waals surface area (Å²) in [5, 5.41) is 17.8. The maximum absolute atomic E-state index is 9.64. The largest absolute Gasteiger partial charge is 0.378 e. The molecule has 0 atom stereocenters. The first-order valence-electron chi connectivity index (χ1n) is 7.93. The van der Waals surface area contributed by atoms with Crippen molar-refractivity contribution in [2.75, 3.05) is 13.1 Å². The molecule has 0 unspecified atom stereocenters. The molecule has 0 saturated heterocycles. The van der Waals surface area contributed by atoms with Gasteiger partial charge in [0.25, 0.3) is 0 Å². The van der Waals surface area contributed by atoms with E-state index in [-0.39, 0.29) is 0 Å². The third kappa shape index (κ3) is 4.41. The number of benzene rings is 1. The molecule has 2 heterocycles. The normalized spacial score (nSPS) is 15.4. The summed E-state index contributed by atoms with van der Waals surface area (Å²) in [6.07, 6.45) is 2.75. The Balaban J connectivity index is 1.60. The maximum Gasteiger partial charge on any atom is 0.134 e. The number of fused-ring (bicyclic) bond motifs is 1. The first-order chi connectivity index (χ1) is 11.0. The van der Waals surface area contributed by atoms with Crippen molar-refractivity contribution in [3.05, 3.63) is 47.5 Å². The highest BCUT2D eigenvalue weighted by molar-refractivity contribution is 5.37. The summed E-state index contributed by atoms with van der Waals surface area (Å²) in [5.41, 5.74) is 1.25. The zero-order valence-corrected chi connectivity index (χ0v) is 13.7. The Morgan fingerprint density at radius 1 is 1.17 bits per heavy atom. The van der Waals surface area contributed by atoms with Crippen LogP contribution in [0.2, 0.25) is 0 Å². The standard InChI is InChI=1S/C18H22N4O/c1-18(2,23)9-7-15-3-5-16(6-4-15)13-21-10-8-17-20-19-14-22(17)12-11-21/h3-6,14,23H,8,10-13H2,1-2H3. The lowest BCUT2D eigenvalue weighted by molar-refractivity contribution is 0.143. The van der Waals surface area contributed by atoms with E-state index in [2.05, 4.69) is 43.6 Å². The first kappa shape index (κ1) is 15.7. The van der Waals surface area contributed by atoms with Gasteiger partial charge in [0.15, 0.2) is 0 Å². The SMILES string of the molecule is CC(C)(O)C#Cc1ccc(CN2CCc3nncn3CC2)cc1. The Labute approximate surface area is 137 Å². The van der Waals surface area contributed by atoms with Crippen LogP contribution in [0.5, 0.6) is 0 Å². The molecule has 5 heteroatoms. The second kappa shape index (κ2) is 6.53. The highest BCUT2D eigenvalue weighted by Gasteiger charge is 2.14. The van der Waals surface area contributed by atoms with Crippen LogP contribution >= 0.6 is 0 Å². The molecular formula is C18H22N4O. The summed E-state index contributed by atoms with van der Waals surface area (Å²) in [6.45, 7) is 7.25. The third-order valence-electron chi connectivity index (χ3n) is 3.88. The highest BCUT2D eigenvalue weighted by Crippen LogP contribution is 2.11. The molecule has 0 fully saturated rings. The average molecular weight is 310 g/mol. The molecule has 2 aromatic rings. The van der Waals surface area contributed by atoms with Gasteiger partial charge < -0.3 is 9.67 Å².